The van der Waals surface area contributed by atoms with E-state index in [0.717, 1.165) is 23.5 Å². The Bertz CT molecular complexity index is 647. The van der Waals surface area contributed by atoms with Crippen molar-refractivity contribution in [3.05, 3.63) is 24.2 Å². The van der Waals surface area contributed by atoms with Crippen LogP contribution in [-0.4, -0.2) is 50.6 Å². The van der Waals surface area contributed by atoms with E-state index in [1.165, 1.54) is 49.8 Å². The average Bonchev–Trinajstić information content (AvgIpc) is 3.25. The number of pyridine rings is 1. The van der Waals surface area contributed by atoms with Gasteiger partial charge < -0.3 is 9.47 Å². The van der Waals surface area contributed by atoms with Gasteiger partial charge in [-0.2, -0.15) is 11.8 Å². The van der Waals surface area contributed by atoms with Crippen molar-refractivity contribution < 1.29 is 0 Å². The van der Waals surface area contributed by atoms with E-state index in [9.17, 15) is 0 Å². The smallest absolute Gasteiger partial charge is 0.160 e. The largest absolute Gasteiger partial charge is 0.309 e. The van der Waals surface area contributed by atoms with Crippen LogP contribution in [0.3, 0.4) is 0 Å². The van der Waals surface area contributed by atoms with E-state index in [1.807, 2.05) is 12.3 Å². The molecule has 4 nitrogen and oxygen atoms in total. The Labute approximate surface area is 136 Å². The molecule has 0 radical (unpaired) electrons. The first-order valence-corrected chi connectivity index (χ1v) is 9.62. The molecule has 2 saturated heterocycles. The maximum Gasteiger partial charge on any atom is 0.160 e. The second kappa shape index (κ2) is 6.20. The van der Waals surface area contributed by atoms with E-state index in [1.54, 1.807) is 0 Å². The Balaban J connectivity index is 1.65. The summed E-state index contributed by atoms with van der Waals surface area (Å²) < 4.78 is 2.46. The molecule has 0 aliphatic carbocycles. The molecule has 0 bridgehead atoms. The number of hydrogen-bond donors (Lipinski definition) is 0. The van der Waals surface area contributed by atoms with Gasteiger partial charge in [-0.1, -0.05) is 6.92 Å². The van der Waals surface area contributed by atoms with Gasteiger partial charge in [-0.25, -0.2) is 9.97 Å². The number of aromatic nitrogens is 3. The number of likely N-dealkylation sites (tertiary alicyclic amines) is 1. The molecule has 2 unspecified atom stereocenters. The third-order valence-electron chi connectivity index (χ3n) is 5.08. The molecule has 2 fully saturated rings. The quantitative estimate of drug-likeness (QED) is 0.868. The van der Waals surface area contributed by atoms with Crippen LogP contribution in [0.4, 0.5) is 0 Å². The molecule has 0 amide bonds. The highest BCUT2D eigenvalue weighted by atomic mass is 32.2. The van der Waals surface area contributed by atoms with E-state index in [2.05, 4.69) is 39.2 Å². The third kappa shape index (κ3) is 2.65. The standard InChI is InChI=1S/C17H24N4S/c1-2-20-8-5-13(11-20)10-16-19-15-4-3-7-18-17(15)21(16)14-6-9-22-12-14/h3-4,7,13-14H,2,5-6,8-12H2,1H3. The minimum absolute atomic E-state index is 0.587. The number of imidazole rings is 1. The Hall–Kier alpha value is -1.07. The SMILES string of the molecule is CCN1CCC(Cc2nc3cccnc3n2C2CCSC2)C1. The number of nitrogens with zero attached hydrogens (tertiary/aromatic N) is 4. The zero-order chi connectivity index (χ0) is 14.9. The Morgan fingerprint density at radius 2 is 2.32 bits per heavy atom. The summed E-state index contributed by atoms with van der Waals surface area (Å²) in [6, 6.07) is 4.70. The molecule has 2 atom stereocenters. The van der Waals surface area contributed by atoms with Gasteiger partial charge in [0.1, 0.15) is 11.3 Å². The van der Waals surface area contributed by atoms with Crippen molar-refractivity contribution in [2.24, 2.45) is 5.92 Å². The lowest BCUT2D eigenvalue weighted by Gasteiger charge is -2.17. The summed E-state index contributed by atoms with van der Waals surface area (Å²) in [5.41, 5.74) is 2.16. The molecule has 2 aromatic heterocycles. The van der Waals surface area contributed by atoms with Gasteiger partial charge in [0.2, 0.25) is 0 Å². The van der Waals surface area contributed by atoms with Gasteiger partial charge in [-0.15, -0.1) is 0 Å². The summed E-state index contributed by atoms with van der Waals surface area (Å²) in [6.45, 7) is 5.91. The fraction of sp³-hybridized carbons (Fsp3) is 0.647. The summed E-state index contributed by atoms with van der Waals surface area (Å²) in [7, 11) is 0. The molecule has 0 N–H and O–H groups in total. The van der Waals surface area contributed by atoms with E-state index in [4.69, 9.17) is 4.98 Å². The highest BCUT2D eigenvalue weighted by Gasteiger charge is 2.27. The van der Waals surface area contributed by atoms with Gasteiger partial charge in [-0.3, -0.25) is 0 Å². The fourth-order valence-electron chi connectivity index (χ4n) is 3.85. The number of thioether (sulfide) groups is 1. The van der Waals surface area contributed by atoms with E-state index < -0.39 is 0 Å². The lowest BCUT2D eigenvalue weighted by atomic mass is 10.0. The van der Waals surface area contributed by atoms with Crippen molar-refractivity contribution in [3.63, 3.8) is 0 Å². The van der Waals surface area contributed by atoms with Crippen molar-refractivity contribution in [2.45, 2.75) is 32.2 Å². The van der Waals surface area contributed by atoms with E-state index in [-0.39, 0.29) is 0 Å². The van der Waals surface area contributed by atoms with Gasteiger partial charge in [0, 0.05) is 31.0 Å². The predicted octanol–water partition coefficient (Wildman–Crippen LogP) is 2.99. The summed E-state index contributed by atoms with van der Waals surface area (Å²) in [5, 5.41) is 0. The van der Waals surface area contributed by atoms with Gasteiger partial charge in [-0.05, 0) is 49.7 Å². The fourth-order valence-corrected chi connectivity index (χ4v) is 5.05. The molecule has 4 rings (SSSR count). The molecule has 0 saturated carbocycles. The van der Waals surface area contributed by atoms with Gasteiger partial charge in [0.25, 0.3) is 0 Å². The molecule has 5 heteroatoms. The van der Waals surface area contributed by atoms with E-state index >= 15 is 0 Å². The molecule has 118 valence electrons. The molecule has 0 spiro atoms. The molecule has 22 heavy (non-hydrogen) atoms. The molecule has 2 aliphatic heterocycles. The maximum absolute atomic E-state index is 4.94. The first kappa shape index (κ1) is 14.5. The Kier molecular flexibility index (Phi) is 4.09. The zero-order valence-corrected chi connectivity index (χ0v) is 14.1. The Morgan fingerprint density at radius 3 is 3.09 bits per heavy atom. The van der Waals surface area contributed by atoms with Crippen LogP contribution >= 0.6 is 11.8 Å². The normalized spacial score (nSPS) is 26.2. The lowest BCUT2D eigenvalue weighted by Crippen LogP contribution is -2.21. The predicted molar refractivity (Wildman–Crippen MR) is 92.4 cm³/mol. The van der Waals surface area contributed by atoms with Gasteiger partial charge in [0.15, 0.2) is 5.65 Å². The maximum atomic E-state index is 4.94. The van der Waals surface area contributed by atoms with Crippen molar-refractivity contribution in [1.82, 2.24) is 19.4 Å². The second-order valence-electron chi connectivity index (χ2n) is 6.51. The van der Waals surface area contributed by atoms with Crippen LogP contribution in [-0.2, 0) is 6.42 Å². The van der Waals surface area contributed by atoms with Crippen LogP contribution in [0, 0.1) is 5.92 Å². The summed E-state index contributed by atoms with van der Waals surface area (Å²) in [4.78, 5) is 12.1. The lowest BCUT2D eigenvalue weighted by molar-refractivity contribution is 0.339. The molecule has 2 aromatic rings. The third-order valence-corrected chi connectivity index (χ3v) is 6.23. The summed E-state index contributed by atoms with van der Waals surface area (Å²) >= 11 is 2.06. The molecular formula is C17H24N4S. The minimum Gasteiger partial charge on any atom is -0.309 e. The molecule has 4 heterocycles. The van der Waals surface area contributed by atoms with Crippen LogP contribution in [0.5, 0.6) is 0 Å². The van der Waals surface area contributed by atoms with Gasteiger partial charge in [0.05, 0.1) is 0 Å². The van der Waals surface area contributed by atoms with Crippen LogP contribution in [0.25, 0.3) is 11.2 Å². The first-order chi connectivity index (χ1) is 10.8. The molecule has 2 aliphatic rings. The highest BCUT2D eigenvalue weighted by Crippen LogP contribution is 2.33. The molecule has 0 aromatic carbocycles. The van der Waals surface area contributed by atoms with Crippen LogP contribution in [0.1, 0.15) is 31.6 Å². The summed E-state index contributed by atoms with van der Waals surface area (Å²) in [6.07, 6.45) is 5.57. The molecular weight excluding hydrogens is 292 g/mol. The van der Waals surface area contributed by atoms with Crippen molar-refractivity contribution in [3.8, 4) is 0 Å². The summed E-state index contributed by atoms with van der Waals surface area (Å²) in [5.74, 6) is 4.50. The topological polar surface area (TPSA) is 34.0 Å². The van der Waals surface area contributed by atoms with Crippen molar-refractivity contribution in [1.29, 1.82) is 0 Å². The average molecular weight is 316 g/mol. The minimum atomic E-state index is 0.587. The van der Waals surface area contributed by atoms with Crippen LogP contribution in [0.2, 0.25) is 0 Å². The van der Waals surface area contributed by atoms with E-state index in [0.29, 0.717) is 6.04 Å². The first-order valence-electron chi connectivity index (χ1n) is 8.47. The van der Waals surface area contributed by atoms with Crippen LogP contribution < -0.4 is 0 Å². The highest BCUT2D eigenvalue weighted by molar-refractivity contribution is 7.99. The zero-order valence-electron chi connectivity index (χ0n) is 13.2. The van der Waals surface area contributed by atoms with Crippen molar-refractivity contribution in [2.75, 3.05) is 31.1 Å². The van der Waals surface area contributed by atoms with Gasteiger partial charge >= 0.3 is 0 Å². The number of rotatable bonds is 4. The number of hydrogen-bond acceptors (Lipinski definition) is 4. The monoisotopic (exact) mass is 316 g/mol. The van der Waals surface area contributed by atoms with Crippen molar-refractivity contribution >= 4 is 22.9 Å². The Morgan fingerprint density at radius 1 is 1.36 bits per heavy atom. The second-order valence-corrected chi connectivity index (χ2v) is 7.66. The van der Waals surface area contributed by atoms with Crippen LogP contribution in [0.15, 0.2) is 18.3 Å². The number of fused-ring (bicyclic) bond motifs is 1.